The lowest BCUT2D eigenvalue weighted by Crippen LogP contribution is -2.33. The molecule has 0 aliphatic carbocycles. The molecule has 1 saturated heterocycles. The molecule has 1 aromatic carbocycles. The van der Waals surface area contributed by atoms with E-state index >= 15 is 0 Å². The van der Waals surface area contributed by atoms with Crippen LogP contribution in [-0.4, -0.2) is 27.9 Å². The highest BCUT2D eigenvalue weighted by atomic mass is 16.3. The molecule has 0 radical (unpaired) electrons. The predicted octanol–water partition coefficient (Wildman–Crippen LogP) is 5.36. The fraction of sp³-hybridized carbons (Fsp3) is 0.333. The van der Waals surface area contributed by atoms with Crippen molar-refractivity contribution in [1.29, 1.82) is 0 Å². The van der Waals surface area contributed by atoms with Gasteiger partial charge in [0.25, 0.3) is 0 Å². The van der Waals surface area contributed by atoms with Crippen molar-refractivity contribution in [3.63, 3.8) is 0 Å². The van der Waals surface area contributed by atoms with E-state index in [1.54, 1.807) is 0 Å². The number of aryl methyl sites for hydroxylation is 1. The molecule has 0 atom stereocenters. The highest BCUT2D eigenvalue weighted by molar-refractivity contribution is 5.58. The number of piperidine rings is 1. The molecule has 33 heavy (non-hydrogen) atoms. The molecule has 0 saturated carbocycles. The number of para-hydroxylation sites is 1. The van der Waals surface area contributed by atoms with Crippen molar-refractivity contribution in [1.82, 2.24) is 20.1 Å². The number of nitrogens with one attached hydrogen (secondary N) is 1. The van der Waals surface area contributed by atoms with E-state index < -0.39 is 0 Å². The van der Waals surface area contributed by atoms with Crippen molar-refractivity contribution in [3.05, 3.63) is 83.9 Å². The highest BCUT2D eigenvalue weighted by Gasteiger charge is 2.17. The van der Waals surface area contributed by atoms with Gasteiger partial charge in [-0.15, -0.1) is 0 Å². The van der Waals surface area contributed by atoms with Crippen molar-refractivity contribution < 1.29 is 4.42 Å². The van der Waals surface area contributed by atoms with Gasteiger partial charge in [0.15, 0.2) is 5.76 Å². The second-order valence-corrected chi connectivity index (χ2v) is 8.99. The van der Waals surface area contributed by atoms with E-state index in [4.69, 9.17) is 14.5 Å². The molecule has 6 heteroatoms. The van der Waals surface area contributed by atoms with Crippen LogP contribution >= 0.6 is 0 Å². The van der Waals surface area contributed by atoms with E-state index in [0.717, 1.165) is 59.8 Å². The lowest BCUT2D eigenvalue weighted by atomic mass is 9.99. The van der Waals surface area contributed by atoms with E-state index in [9.17, 15) is 0 Å². The minimum absolute atomic E-state index is 0.688. The average Bonchev–Trinajstić information content (AvgIpc) is 3.47. The van der Waals surface area contributed by atoms with Gasteiger partial charge >= 0.3 is 0 Å². The van der Waals surface area contributed by atoms with Crippen molar-refractivity contribution in [2.75, 3.05) is 18.0 Å². The van der Waals surface area contributed by atoms with Gasteiger partial charge < -0.3 is 14.6 Å². The summed E-state index contributed by atoms with van der Waals surface area (Å²) >= 11 is 0. The monoisotopic (exact) mass is 441 g/mol. The molecule has 0 unspecified atom stereocenters. The molecule has 0 bridgehead atoms. The zero-order valence-electron chi connectivity index (χ0n) is 19.4. The number of aromatic nitrogens is 3. The van der Waals surface area contributed by atoms with Crippen LogP contribution < -0.4 is 10.2 Å². The standard InChI is InChI=1S/C27H31N5O/c1-20-12-14-31(15-13-20)26-11-9-22(17-29-26)16-28-18-23-19-32(24-6-4-3-5-7-24)30-27(23)25-10-8-21(2)33-25/h3-11,17,19-20,28H,12-16,18H2,1-2H3. The van der Waals surface area contributed by atoms with Gasteiger partial charge in [0.2, 0.25) is 0 Å². The average molecular weight is 442 g/mol. The lowest BCUT2D eigenvalue weighted by Gasteiger charge is -2.31. The molecule has 3 aromatic heterocycles. The summed E-state index contributed by atoms with van der Waals surface area (Å²) in [5.74, 6) is 3.59. The summed E-state index contributed by atoms with van der Waals surface area (Å²) < 4.78 is 7.80. The Morgan fingerprint density at radius 2 is 1.82 bits per heavy atom. The Bertz CT molecular complexity index is 1170. The molecule has 6 nitrogen and oxygen atoms in total. The molecular weight excluding hydrogens is 410 g/mol. The fourth-order valence-electron chi connectivity index (χ4n) is 4.31. The van der Waals surface area contributed by atoms with E-state index in [0.29, 0.717) is 6.54 Å². The Kier molecular flexibility index (Phi) is 6.26. The summed E-state index contributed by atoms with van der Waals surface area (Å²) in [6, 6.07) is 18.5. The summed E-state index contributed by atoms with van der Waals surface area (Å²) in [5.41, 5.74) is 4.17. The van der Waals surface area contributed by atoms with E-state index in [-0.39, 0.29) is 0 Å². The van der Waals surface area contributed by atoms with Crippen LogP contribution in [0.5, 0.6) is 0 Å². The summed E-state index contributed by atoms with van der Waals surface area (Å²) in [7, 11) is 0. The van der Waals surface area contributed by atoms with Gasteiger partial charge in [0.1, 0.15) is 17.3 Å². The summed E-state index contributed by atoms with van der Waals surface area (Å²) in [4.78, 5) is 7.11. The Morgan fingerprint density at radius 1 is 1.00 bits per heavy atom. The number of pyridine rings is 1. The molecule has 170 valence electrons. The van der Waals surface area contributed by atoms with Gasteiger partial charge in [-0.1, -0.05) is 31.2 Å². The number of furan rings is 1. The minimum Gasteiger partial charge on any atom is -0.460 e. The smallest absolute Gasteiger partial charge is 0.154 e. The summed E-state index contributed by atoms with van der Waals surface area (Å²) in [6.45, 7) is 7.93. The number of anilines is 1. The van der Waals surface area contributed by atoms with Crippen LogP contribution in [0.1, 0.15) is 36.7 Å². The van der Waals surface area contributed by atoms with Gasteiger partial charge in [0.05, 0.1) is 5.69 Å². The van der Waals surface area contributed by atoms with Crippen LogP contribution in [0.4, 0.5) is 5.82 Å². The number of nitrogens with zero attached hydrogens (tertiary/aromatic N) is 4. The highest BCUT2D eigenvalue weighted by Crippen LogP contribution is 2.26. The zero-order chi connectivity index (χ0) is 22.6. The third kappa shape index (κ3) is 5.01. The Hall–Kier alpha value is -3.38. The Balaban J connectivity index is 1.27. The molecule has 5 rings (SSSR count). The molecular formula is C27H31N5O. The van der Waals surface area contributed by atoms with Crippen LogP contribution in [0.2, 0.25) is 0 Å². The number of benzene rings is 1. The molecule has 0 spiro atoms. The third-order valence-corrected chi connectivity index (χ3v) is 6.35. The van der Waals surface area contributed by atoms with Crippen molar-refractivity contribution in [3.8, 4) is 17.1 Å². The van der Waals surface area contributed by atoms with Crippen LogP contribution in [-0.2, 0) is 13.1 Å². The third-order valence-electron chi connectivity index (χ3n) is 6.35. The number of rotatable bonds is 7. The van der Waals surface area contributed by atoms with Crippen LogP contribution in [0.15, 0.2) is 71.4 Å². The van der Waals surface area contributed by atoms with Crippen molar-refractivity contribution >= 4 is 5.82 Å². The van der Waals surface area contributed by atoms with E-state index in [1.165, 1.54) is 18.4 Å². The van der Waals surface area contributed by atoms with E-state index in [2.05, 4.69) is 47.6 Å². The first-order valence-corrected chi connectivity index (χ1v) is 11.8. The molecule has 1 aliphatic rings. The summed E-state index contributed by atoms with van der Waals surface area (Å²) in [6.07, 6.45) is 6.57. The Labute approximate surface area is 195 Å². The van der Waals surface area contributed by atoms with Crippen LogP contribution in [0, 0.1) is 12.8 Å². The molecule has 4 heterocycles. The Morgan fingerprint density at radius 3 is 2.52 bits per heavy atom. The molecule has 1 N–H and O–H groups in total. The second kappa shape index (κ2) is 9.63. The number of hydrogen-bond acceptors (Lipinski definition) is 5. The maximum Gasteiger partial charge on any atom is 0.154 e. The zero-order valence-corrected chi connectivity index (χ0v) is 19.4. The lowest BCUT2D eigenvalue weighted by molar-refractivity contribution is 0.436. The second-order valence-electron chi connectivity index (χ2n) is 8.99. The number of hydrogen-bond donors (Lipinski definition) is 1. The van der Waals surface area contributed by atoms with Crippen molar-refractivity contribution in [2.24, 2.45) is 5.92 Å². The maximum atomic E-state index is 5.88. The van der Waals surface area contributed by atoms with Gasteiger partial charge in [0, 0.05) is 44.1 Å². The first-order chi connectivity index (χ1) is 16.2. The largest absolute Gasteiger partial charge is 0.460 e. The predicted molar refractivity (Wildman–Crippen MR) is 131 cm³/mol. The van der Waals surface area contributed by atoms with Crippen molar-refractivity contribution in [2.45, 2.75) is 39.8 Å². The van der Waals surface area contributed by atoms with Crippen LogP contribution in [0.25, 0.3) is 17.1 Å². The topological polar surface area (TPSA) is 59.1 Å². The van der Waals surface area contributed by atoms with Gasteiger partial charge in [-0.25, -0.2) is 9.67 Å². The quantitative estimate of drug-likeness (QED) is 0.418. The summed E-state index contributed by atoms with van der Waals surface area (Å²) in [5, 5.41) is 8.38. The van der Waals surface area contributed by atoms with Gasteiger partial charge in [-0.2, -0.15) is 5.10 Å². The maximum absolute atomic E-state index is 5.88. The van der Waals surface area contributed by atoms with E-state index in [1.807, 2.05) is 48.1 Å². The molecule has 1 aliphatic heterocycles. The molecule has 0 amide bonds. The first kappa shape index (κ1) is 21.5. The normalized spacial score (nSPS) is 14.7. The SMILES string of the molecule is Cc1ccc(-c2nn(-c3ccccc3)cc2CNCc2ccc(N3CCC(C)CC3)nc2)o1. The molecule has 4 aromatic rings. The van der Waals surface area contributed by atoms with Crippen LogP contribution in [0.3, 0.4) is 0 Å². The molecule has 1 fully saturated rings. The van der Waals surface area contributed by atoms with Gasteiger partial charge in [-0.05, 0) is 61.6 Å². The van der Waals surface area contributed by atoms with Gasteiger partial charge in [-0.3, -0.25) is 0 Å². The fourth-order valence-corrected chi connectivity index (χ4v) is 4.31. The minimum atomic E-state index is 0.688. The first-order valence-electron chi connectivity index (χ1n) is 11.8.